The van der Waals surface area contributed by atoms with Gasteiger partial charge in [0.1, 0.15) is 18.0 Å². The minimum absolute atomic E-state index is 0.00257. The van der Waals surface area contributed by atoms with Gasteiger partial charge in [0.2, 0.25) is 17.2 Å². The molecule has 0 aliphatic carbocycles. The Bertz CT molecular complexity index is 2550. The van der Waals surface area contributed by atoms with E-state index in [2.05, 4.69) is 63.6 Å². The van der Waals surface area contributed by atoms with Crippen LogP contribution in [-0.2, 0) is 28.3 Å². The Balaban J connectivity index is 0.000000165. The minimum Gasteiger partial charge on any atom is -0.457 e. The molecule has 5 aliphatic heterocycles. The highest BCUT2D eigenvalue weighted by Crippen LogP contribution is 2.38. The second-order valence-electron chi connectivity index (χ2n) is 20.4. The number of nitrogen functional groups attached to an aromatic ring is 1. The van der Waals surface area contributed by atoms with E-state index < -0.39 is 36.7 Å². The first-order valence-electron chi connectivity index (χ1n) is 24.2. The largest absolute Gasteiger partial charge is 0.496 e. The van der Waals surface area contributed by atoms with Crippen molar-refractivity contribution in [1.82, 2.24) is 44.8 Å². The molecule has 74 heavy (non-hydrogen) atoms. The van der Waals surface area contributed by atoms with E-state index in [4.69, 9.17) is 55.1 Å². The fourth-order valence-corrected chi connectivity index (χ4v) is 8.18. The molecule has 0 unspecified atom stereocenters. The molecule has 0 radical (unpaired) electrons. The number of hydrogen-bond acceptors (Lipinski definition) is 20. The van der Waals surface area contributed by atoms with Crippen molar-refractivity contribution in [2.24, 2.45) is 4.99 Å². The molecule has 2 N–H and O–H groups in total. The van der Waals surface area contributed by atoms with Crippen molar-refractivity contribution < 1.29 is 55.3 Å². The van der Waals surface area contributed by atoms with E-state index in [-0.39, 0.29) is 74.7 Å². The summed E-state index contributed by atoms with van der Waals surface area (Å²) < 4.78 is 99.2. The molecule has 4 aromatic rings. The van der Waals surface area contributed by atoms with Crippen molar-refractivity contribution in [2.45, 2.75) is 116 Å². The zero-order valence-corrected chi connectivity index (χ0v) is 44.1. The van der Waals surface area contributed by atoms with Crippen LogP contribution in [0.2, 0.25) is 5.28 Å². The van der Waals surface area contributed by atoms with Crippen molar-refractivity contribution in [3.63, 3.8) is 0 Å². The van der Waals surface area contributed by atoms with Crippen molar-refractivity contribution in [3.8, 4) is 23.4 Å². The van der Waals surface area contributed by atoms with Gasteiger partial charge < -0.3 is 58.2 Å². The third-order valence-electron chi connectivity index (χ3n) is 12.8. The van der Waals surface area contributed by atoms with Gasteiger partial charge in [-0.1, -0.05) is 0 Å². The first kappa shape index (κ1) is 56.4. The highest BCUT2D eigenvalue weighted by atomic mass is 35.5. The smallest absolute Gasteiger partial charge is 0.457 e. The van der Waals surface area contributed by atoms with Crippen LogP contribution in [0, 0.1) is 0 Å². The van der Waals surface area contributed by atoms with Crippen molar-refractivity contribution in [3.05, 3.63) is 40.9 Å². The fourth-order valence-electron chi connectivity index (χ4n) is 8.03. The van der Waals surface area contributed by atoms with Crippen molar-refractivity contribution in [1.29, 1.82) is 0 Å². The van der Waals surface area contributed by atoms with Gasteiger partial charge in [0.25, 0.3) is 12.9 Å². The molecule has 0 aromatic carbocycles. The molecule has 21 nitrogen and oxygen atoms in total. The second kappa shape index (κ2) is 23.7. The summed E-state index contributed by atoms with van der Waals surface area (Å²) in [5, 5.41) is 0.135. The zero-order valence-electron chi connectivity index (χ0n) is 43.4. The van der Waals surface area contributed by atoms with Crippen LogP contribution in [0.1, 0.15) is 92.2 Å². The molecule has 404 valence electrons. The van der Waals surface area contributed by atoms with Gasteiger partial charge >= 0.3 is 19.1 Å². The predicted molar refractivity (Wildman–Crippen MR) is 268 cm³/mol. The summed E-state index contributed by atoms with van der Waals surface area (Å²) in [6.45, 7) is 21.4. The van der Waals surface area contributed by atoms with Crippen LogP contribution < -0.4 is 30.5 Å². The van der Waals surface area contributed by atoms with E-state index in [1.807, 2.05) is 46.4 Å². The van der Waals surface area contributed by atoms with E-state index in [0.717, 1.165) is 12.5 Å². The first-order chi connectivity index (χ1) is 34.9. The van der Waals surface area contributed by atoms with Crippen LogP contribution >= 0.6 is 11.6 Å². The number of hydrogen-bond donors (Lipinski definition) is 1. The van der Waals surface area contributed by atoms with Crippen LogP contribution in [-0.4, -0.2) is 173 Å². The summed E-state index contributed by atoms with van der Waals surface area (Å²) in [6, 6.07) is 2.71. The summed E-state index contributed by atoms with van der Waals surface area (Å²) in [7, 11) is 2.70. The lowest BCUT2D eigenvalue weighted by molar-refractivity contribution is 0.00578. The molecule has 9 rings (SSSR count). The molecule has 5 fully saturated rings. The van der Waals surface area contributed by atoms with Gasteiger partial charge in [0, 0.05) is 74.6 Å². The maximum absolute atomic E-state index is 13.7. The quantitative estimate of drug-likeness (QED) is 0.0734. The number of alkyl halides is 4. The lowest BCUT2D eigenvalue weighted by atomic mass is 9.77. The highest BCUT2D eigenvalue weighted by molar-refractivity contribution is 6.62. The van der Waals surface area contributed by atoms with Crippen LogP contribution in [0.15, 0.2) is 29.5 Å². The Kier molecular flexibility index (Phi) is 18.0. The monoisotopic (exact) mass is 1060 g/mol. The number of halogens is 5. The third kappa shape index (κ3) is 14.1. The number of nitrogens with two attached hydrogens (primary N) is 1. The number of rotatable bonds is 12. The average molecular weight is 1060 g/mol. The third-order valence-corrected chi connectivity index (χ3v) is 13.0. The molecule has 4 aromatic heterocycles. The maximum Gasteiger partial charge on any atom is 0.496 e. The minimum atomic E-state index is -2.77. The van der Waals surface area contributed by atoms with Gasteiger partial charge in [-0.25, -0.2) is 32.5 Å². The fraction of sp³-hybridized carbons (Fsp3) is 0.638. The normalized spacial score (nSPS) is 21.9. The Morgan fingerprint density at radius 1 is 0.716 bits per heavy atom. The van der Waals surface area contributed by atoms with E-state index in [1.54, 1.807) is 19.0 Å². The Morgan fingerprint density at radius 2 is 1.26 bits per heavy atom. The van der Waals surface area contributed by atoms with Gasteiger partial charge in [-0.2, -0.15) is 29.9 Å². The SMILES string of the molecule is CC1(C)COCCN1c1nc(Cl)nc(O[C@@H]2CCOC2)n1.CC1(C)COCCN1c1nc(O[C@@H]2CCOC2)nc(-c2cnc(N)cc2C(F)F)n1.CN(C)C=Nc1cc(C(F)F)c(B2OC(C)(C)C(C)(C)O2)cn1. The highest BCUT2D eigenvalue weighted by Gasteiger charge is 2.53. The Hall–Kier alpha value is -5.38. The number of nitrogens with zero attached hydrogens (tertiary/aromatic N) is 12. The standard InChI is InChI=1S/C19H24F2N6O3.C15H22BF2N3O2.C13H19ClN4O3/c1-19(2)10-29-6-4-27(19)17-24-16(13-8-23-14(22)7-12(13)15(20)21)25-18(26-17)30-11-3-5-28-9-11;1-14(2)15(3,4)23-16(22-14)11-8-19-12(20-9-21(5)6)7-10(11)13(17)18;1-13(2)8-20-6-4-18(13)11-15-10(14)16-12(17-11)21-9-3-5-19-7-9/h7-8,11,15H,3-6,9-10H2,1-2H3,(H2,22,23);7-9,13H,1-6H3;9H,3-8H2,1-2H3/t11-;;9-/m1.1/s1. The zero-order chi connectivity index (χ0) is 53.6. The Labute approximate surface area is 433 Å². The number of anilines is 3. The van der Waals surface area contributed by atoms with Gasteiger partial charge in [-0.05, 0) is 79.1 Å². The average Bonchev–Trinajstić information content (AvgIpc) is 4.09. The van der Waals surface area contributed by atoms with Crippen LogP contribution in [0.5, 0.6) is 12.0 Å². The molecule has 0 bridgehead atoms. The molecule has 0 amide bonds. The number of pyridine rings is 2. The number of morpholine rings is 2. The summed E-state index contributed by atoms with van der Waals surface area (Å²) >= 11 is 6.02. The topological polar surface area (TPSA) is 225 Å². The van der Waals surface area contributed by atoms with E-state index >= 15 is 0 Å². The summed E-state index contributed by atoms with van der Waals surface area (Å²) in [5.74, 6) is 1.13. The van der Waals surface area contributed by atoms with Gasteiger partial charge in [0.15, 0.2) is 11.6 Å². The lowest BCUT2D eigenvalue weighted by Crippen LogP contribution is -2.54. The molecule has 9 heterocycles. The van der Waals surface area contributed by atoms with Gasteiger partial charge in [0.05, 0.1) is 81.5 Å². The van der Waals surface area contributed by atoms with Crippen LogP contribution in [0.4, 0.5) is 41.1 Å². The molecule has 0 spiro atoms. The molecule has 2 atom stereocenters. The van der Waals surface area contributed by atoms with E-state index in [9.17, 15) is 17.6 Å². The van der Waals surface area contributed by atoms with Crippen molar-refractivity contribution in [2.75, 3.05) is 95.6 Å². The second-order valence-corrected chi connectivity index (χ2v) is 20.8. The molecule has 0 saturated carbocycles. The predicted octanol–water partition coefficient (Wildman–Crippen LogP) is 6.08. The maximum atomic E-state index is 13.7. The summed E-state index contributed by atoms with van der Waals surface area (Å²) in [4.78, 5) is 43.8. The van der Waals surface area contributed by atoms with Crippen molar-refractivity contribution >= 4 is 54.1 Å². The summed E-state index contributed by atoms with van der Waals surface area (Å²) in [6.07, 6.45) is -0.00887. The lowest BCUT2D eigenvalue weighted by Gasteiger charge is -2.42. The van der Waals surface area contributed by atoms with E-state index in [1.165, 1.54) is 24.8 Å². The molecular weight excluding hydrogens is 997 g/mol. The number of aromatic nitrogens is 8. The molecule has 27 heteroatoms. The number of aliphatic imine (C=N–C) groups is 1. The molecule has 5 saturated heterocycles. The van der Waals surface area contributed by atoms with Crippen LogP contribution in [0.25, 0.3) is 11.4 Å². The summed E-state index contributed by atoms with van der Waals surface area (Å²) in [5.41, 5.74) is 3.67. The Morgan fingerprint density at radius 3 is 1.76 bits per heavy atom. The number of ether oxygens (including phenoxy) is 6. The van der Waals surface area contributed by atoms with E-state index in [0.29, 0.717) is 84.3 Å². The first-order valence-corrected chi connectivity index (χ1v) is 24.5. The molecule has 5 aliphatic rings. The van der Waals surface area contributed by atoms with Gasteiger partial charge in [-0.3, -0.25) is 0 Å². The van der Waals surface area contributed by atoms with Gasteiger partial charge in [-0.15, -0.1) is 0 Å². The molecular formula is C47H65BClF4N13O8. The van der Waals surface area contributed by atoms with Crippen LogP contribution in [0.3, 0.4) is 0 Å².